The van der Waals surface area contributed by atoms with Crippen molar-refractivity contribution < 1.29 is 4.79 Å². The summed E-state index contributed by atoms with van der Waals surface area (Å²) < 4.78 is 0. The van der Waals surface area contributed by atoms with E-state index in [0.29, 0.717) is 5.41 Å². The molecule has 102 valence electrons. The van der Waals surface area contributed by atoms with Crippen LogP contribution in [0.2, 0.25) is 0 Å². The van der Waals surface area contributed by atoms with Gasteiger partial charge in [-0.1, -0.05) is 0 Å². The molecule has 0 aromatic rings. The van der Waals surface area contributed by atoms with Crippen LogP contribution in [0.25, 0.3) is 0 Å². The molecule has 0 saturated heterocycles. The van der Waals surface area contributed by atoms with Crippen molar-refractivity contribution in [3.63, 3.8) is 0 Å². The maximum atomic E-state index is 11.7. The Morgan fingerprint density at radius 2 is 2.16 bits per heavy atom. The highest BCUT2D eigenvalue weighted by Crippen LogP contribution is 2.95. The van der Waals surface area contributed by atoms with Crippen molar-refractivity contribution in [2.24, 2.45) is 34.0 Å². The number of hydrogen-bond donors (Lipinski definition) is 2. The predicted molar refractivity (Wildman–Crippen MR) is 71.9 cm³/mol. The van der Waals surface area contributed by atoms with E-state index in [1.54, 1.807) is 6.92 Å². The maximum Gasteiger partial charge on any atom is 0.264 e. The monoisotopic (exact) mass is 258 g/mol. The third-order valence-corrected chi connectivity index (χ3v) is 7.70. The number of nitrogens with one attached hydrogen (secondary N) is 2. The van der Waals surface area contributed by atoms with Crippen LogP contribution in [0, 0.1) is 39.4 Å². The van der Waals surface area contributed by atoms with Gasteiger partial charge in [0.25, 0.3) is 5.91 Å². The summed E-state index contributed by atoms with van der Waals surface area (Å²) in [6.45, 7) is 2.41. The number of amides is 1. The highest BCUT2D eigenvalue weighted by Gasteiger charge is 2.88. The molecule has 0 aromatic carbocycles. The van der Waals surface area contributed by atoms with Crippen LogP contribution < -0.4 is 5.32 Å². The molecule has 5 aliphatic rings. The van der Waals surface area contributed by atoms with Crippen molar-refractivity contribution in [3.8, 4) is 0 Å². The number of carbonyl (C=O) groups is 1. The number of carbonyl (C=O) groups excluding carboxylic acids is 1. The zero-order valence-corrected chi connectivity index (χ0v) is 11.6. The molecule has 0 heterocycles. The summed E-state index contributed by atoms with van der Waals surface area (Å²) in [4.78, 5) is 11.7. The van der Waals surface area contributed by atoms with Crippen molar-refractivity contribution in [2.45, 2.75) is 45.4 Å². The first-order chi connectivity index (χ1) is 9.00. The van der Waals surface area contributed by atoms with Gasteiger partial charge in [-0.15, -0.1) is 0 Å². The topological polar surface area (TPSA) is 53.0 Å². The Hall–Kier alpha value is -0.860. The van der Waals surface area contributed by atoms with E-state index in [0.717, 1.165) is 35.1 Å². The highest BCUT2D eigenvalue weighted by atomic mass is 16.1. The van der Waals surface area contributed by atoms with Crippen molar-refractivity contribution in [1.29, 1.82) is 5.41 Å². The largest absolute Gasteiger partial charge is 0.350 e. The average molecular weight is 258 g/mol. The Morgan fingerprint density at radius 1 is 1.32 bits per heavy atom. The Balaban J connectivity index is 1.40. The molecule has 1 spiro atoms. The molecule has 5 saturated carbocycles. The van der Waals surface area contributed by atoms with Gasteiger partial charge in [0.15, 0.2) is 0 Å². The van der Waals surface area contributed by atoms with E-state index >= 15 is 0 Å². The fourth-order valence-electron chi connectivity index (χ4n) is 7.40. The summed E-state index contributed by atoms with van der Waals surface area (Å²) in [5.41, 5.74) is 2.06. The molecule has 5 unspecified atom stereocenters. The fourth-order valence-corrected chi connectivity index (χ4v) is 7.40. The van der Waals surface area contributed by atoms with E-state index in [1.807, 2.05) is 0 Å². The van der Waals surface area contributed by atoms with Gasteiger partial charge in [0.2, 0.25) is 0 Å². The maximum absolute atomic E-state index is 11.7. The summed E-state index contributed by atoms with van der Waals surface area (Å²) in [7, 11) is 0. The third-order valence-electron chi connectivity index (χ3n) is 7.70. The zero-order valence-electron chi connectivity index (χ0n) is 11.6. The van der Waals surface area contributed by atoms with E-state index in [4.69, 9.17) is 5.41 Å². The molecule has 2 bridgehead atoms. The number of fused-ring (bicyclic) bond motifs is 1. The van der Waals surface area contributed by atoms with Crippen molar-refractivity contribution in [3.05, 3.63) is 0 Å². The minimum Gasteiger partial charge on any atom is -0.350 e. The summed E-state index contributed by atoms with van der Waals surface area (Å²) in [6.07, 6.45) is 8.61. The first-order valence-electron chi connectivity index (χ1n) is 7.84. The molecule has 5 rings (SSSR count). The second-order valence-corrected chi connectivity index (χ2v) is 8.39. The zero-order chi connectivity index (χ0) is 13.0. The van der Waals surface area contributed by atoms with Crippen LogP contribution in [-0.2, 0) is 4.79 Å². The molecule has 1 amide bonds. The summed E-state index contributed by atoms with van der Waals surface area (Å²) in [6, 6.07) is 0. The van der Waals surface area contributed by atoms with Crippen LogP contribution in [-0.4, -0.2) is 18.2 Å². The van der Waals surface area contributed by atoms with Crippen LogP contribution >= 0.6 is 0 Å². The van der Waals surface area contributed by atoms with Crippen LogP contribution in [0.5, 0.6) is 0 Å². The standard InChI is InChI=1S/C16H22N2O/c1-9(17)13(19)18-8-14-3-10-2-11-4-15(6-14)7-16(11,15)12(10)5-14/h10-12,17H,2-8H2,1H3,(H,18,19)/t10?,11?,12-,14?,15?,16?/m0/s1. The smallest absolute Gasteiger partial charge is 0.264 e. The average Bonchev–Trinajstić information content (AvgIpc) is 2.55. The first kappa shape index (κ1) is 10.9. The van der Waals surface area contributed by atoms with Crippen LogP contribution in [0.1, 0.15) is 45.4 Å². The normalized spacial score (nSPS) is 58.3. The van der Waals surface area contributed by atoms with Crippen molar-refractivity contribution in [1.82, 2.24) is 5.32 Å². The van der Waals surface area contributed by atoms with Crippen LogP contribution in [0.4, 0.5) is 0 Å². The lowest BCUT2D eigenvalue weighted by atomic mass is 9.54. The van der Waals surface area contributed by atoms with Gasteiger partial charge in [-0.2, -0.15) is 0 Å². The third kappa shape index (κ3) is 0.985. The molecule has 3 heteroatoms. The lowest BCUT2D eigenvalue weighted by molar-refractivity contribution is -0.116. The van der Waals surface area contributed by atoms with E-state index in [-0.39, 0.29) is 11.6 Å². The summed E-state index contributed by atoms with van der Waals surface area (Å²) in [5, 5.41) is 10.5. The van der Waals surface area contributed by atoms with E-state index in [9.17, 15) is 4.79 Å². The van der Waals surface area contributed by atoms with Crippen LogP contribution in [0.3, 0.4) is 0 Å². The molecule has 6 atom stereocenters. The highest BCUT2D eigenvalue weighted by molar-refractivity contribution is 6.36. The number of hydrogen-bond acceptors (Lipinski definition) is 2. The van der Waals surface area contributed by atoms with Gasteiger partial charge < -0.3 is 5.32 Å². The van der Waals surface area contributed by atoms with Gasteiger partial charge in [-0.05, 0) is 79.4 Å². The molecule has 0 aliphatic heterocycles. The van der Waals surface area contributed by atoms with Gasteiger partial charge in [0.1, 0.15) is 0 Å². The Morgan fingerprint density at radius 3 is 2.95 bits per heavy atom. The van der Waals surface area contributed by atoms with Crippen LogP contribution in [0.15, 0.2) is 0 Å². The Kier molecular flexibility index (Phi) is 1.59. The quantitative estimate of drug-likeness (QED) is 0.750. The molecule has 5 aliphatic carbocycles. The van der Waals surface area contributed by atoms with Gasteiger partial charge in [-0.3, -0.25) is 10.2 Å². The minimum absolute atomic E-state index is 0.146. The summed E-state index contributed by atoms with van der Waals surface area (Å²) in [5.74, 6) is 2.88. The van der Waals surface area contributed by atoms with E-state index in [1.165, 1.54) is 38.5 Å². The second-order valence-electron chi connectivity index (χ2n) is 8.39. The summed E-state index contributed by atoms with van der Waals surface area (Å²) >= 11 is 0. The minimum atomic E-state index is -0.164. The molecule has 2 N–H and O–H groups in total. The lowest BCUT2D eigenvalue weighted by Gasteiger charge is -2.51. The molecular weight excluding hydrogens is 236 g/mol. The SMILES string of the molecule is CC(=N)C(=O)NCC12CC3CC4CC5(C1)CC45[C@H]3C2. The predicted octanol–water partition coefficient (Wildman–Crippen LogP) is 2.36. The van der Waals surface area contributed by atoms with Crippen molar-refractivity contribution >= 4 is 11.6 Å². The fraction of sp³-hybridized carbons (Fsp3) is 0.875. The lowest BCUT2D eigenvalue weighted by Crippen LogP contribution is -2.48. The molecule has 3 nitrogen and oxygen atoms in total. The molecule has 0 radical (unpaired) electrons. The van der Waals surface area contributed by atoms with Gasteiger partial charge in [0, 0.05) is 6.54 Å². The molecule has 19 heavy (non-hydrogen) atoms. The van der Waals surface area contributed by atoms with E-state index < -0.39 is 0 Å². The van der Waals surface area contributed by atoms with E-state index in [2.05, 4.69) is 5.32 Å². The second kappa shape index (κ2) is 2.77. The van der Waals surface area contributed by atoms with Gasteiger partial charge in [0.05, 0.1) is 5.71 Å². The molecular formula is C16H22N2O. The number of rotatable bonds is 3. The first-order valence-corrected chi connectivity index (χ1v) is 7.84. The Bertz CT molecular complexity index is 529. The van der Waals surface area contributed by atoms with Gasteiger partial charge >= 0.3 is 0 Å². The van der Waals surface area contributed by atoms with Crippen molar-refractivity contribution in [2.75, 3.05) is 6.54 Å². The Labute approximate surface area is 114 Å². The van der Waals surface area contributed by atoms with Gasteiger partial charge in [-0.25, -0.2) is 0 Å². The molecule has 5 fully saturated rings. The molecule has 0 aromatic heterocycles.